The highest BCUT2D eigenvalue weighted by Gasteiger charge is 2.26. The SMILES string of the molecule is CC(O)(COc1ccc(-c2ccc(Cl)cc2)cc1)CN1CCCC1. The van der Waals surface area contributed by atoms with Crippen molar-refractivity contribution < 1.29 is 9.84 Å². The van der Waals surface area contributed by atoms with E-state index in [0.717, 1.165) is 35.0 Å². The Morgan fingerprint density at radius 3 is 2.12 bits per heavy atom. The van der Waals surface area contributed by atoms with Crippen molar-refractivity contribution in [3.63, 3.8) is 0 Å². The summed E-state index contributed by atoms with van der Waals surface area (Å²) in [6, 6.07) is 15.7. The summed E-state index contributed by atoms with van der Waals surface area (Å²) in [5, 5.41) is 11.3. The monoisotopic (exact) mass is 345 g/mol. The summed E-state index contributed by atoms with van der Waals surface area (Å²) in [6.45, 7) is 4.95. The van der Waals surface area contributed by atoms with Gasteiger partial charge in [0.2, 0.25) is 0 Å². The topological polar surface area (TPSA) is 32.7 Å². The molecule has 1 aliphatic heterocycles. The lowest BCUT2D eigenvalue weighted by Gasteiger charge is -2.28. The van der Waals surface area contributed by atoms with Crippen molar-refractivity contribution in [2.75, 3.05) is 26.2 Å². The predicted molar refractivity (Wildman–Crippen MR) is 98.7 cm³/mol. The molecule has 0 radical (unpaired) electrons. The lowest BCUT2D eigenvalue weighted by Crippen LogP contribution is -2.44. The van der Waals surface area contributed by atoms with Crippen LogP contribution in [0.1, 0.15) is 19.8 Å². The van der Waals surface area contributed by atoms with Crippen LogP contribution in [0.25, 0.3) is 11.1 Å². The maximum absolute atomic E-state index is 10.5. The molecule has 0 bridgehead atoms. The summed E-state index contributed by atoms with van der Waals surface area (Å²) in [6.07, 6.45) is 2.45. The van der Waals surface area contributed by atoms with Gasteiger partial charge in [0, 0.05) is 11.6 Å². The van der Waals surface area contributed by atoms with Crippen LogP contribution < -0.4 is 4.74 Å². The molecule has 4 heteroatoms. The first-order valence-corrected chi connectivity index (χ1v) is 8.83. The Morgan fingerprint density at radius 2 is 1.54 bits per heavy atom. The number of nitrogens with zero attached hydrogens (tertiary/aromatic N) is 1. The van der Waals surface area contributed by atoms with Crippen molar-refractivity contribution in [2.24, 2.45) is 0 Å². The second kappa shape index (κ2) is 7.56. The lowest BCUT2D eigenvalue weighted by atomic mass is 10.1. The van der Waals surface area contributed by atoms with Gasteiger partial charge in [-0.15, -0.1) is 0 Å². The van der Waals surface area contributed by atoms with Gasteiger partial charge in [0.05, 0.1) is 0 Å². The summed E-state index contributed by atoms with van der Waals surface area (Å²) < 4.78 is 5.79. The number of hydrogen-bond acceptors (Lipinski definition) is 3. The molecule has 1 unspecified atom stereocenters. The highest BCUT2D eigenvalue weighted by molar-refractivity contribution is 6.30. The van der Waals surface area contributed by atoms with Crippen LogP contribution in [0, 0.1) is 0 Å². The van der Waals surface area contributed by atoms with Gasteiger partial charge in [-0.3, -0.25) is 0 Å². The van der Waals surface area contributed by atoms with Gasteiger partial charge in [-0.25, -0.2) is 0 Å². The molecule has 0 saturated carbocycles. The number of aliphatic hydroxyl groups is 1. The van der Waals surface area contributed by atoms with E-state index in [4.69, 9.17) is 16.3 Å². The minimum absolute atomic E-state index is 0.295. The fourth-order valence-electron chi connectivity index (χ4n) is 3.09. The Bertz CT molecular complexity index is 646. The fraction of sp³-hybridized carbons (Fsp3) is 0.400. The maximum atomic E-state index is 10.5. The van der Waals surface area contributed by atoms with Gasteiger partial charge in [-0.1, -0.05) is 35.9 Å². The molecule has 0 aliphatic carbocycles. The summed E-state index contributed by atoms with van der Waals surface area (Å²) in [5.41, 5.74) is 1.40. The van der Waals surface area contributed by atoms with E-state index in [9.17, 15) is 5.11 Å². The van der Waals surface area contributed by atoms with Crippen LogP contribution in [-0.4, -0.2) is 41.8 Å². The van der Waals surface area contributed by atoms with Gasteiger partial charge in [-0.05, 0) is 68.2 Å². The molecular formula is C20H24ClNO2. The van der Waals surface area contributed by atoms with Gasteiger partial charge < -0.3 is 14.7 Å². The Labute approximate surface area is 148 Å². The van der Waals surface area contributed by atoms with Crippen LogP contribution >= 0.6 is 11.6 Å². The van der Waals surface area contributed by atoms with Crippen molar-refractivity contribution in [1.29, 1.82) is 0 Å². The second-order valence-electron chi connectivity index (χ2n) is 6.80. The van der Waals surface area contributed by atoms with E-state index in [1.165, 1.54) is 12.8 Å². The van der Waals surface area contributed by atoms with Crippen molar-refractivity contribution >= 4 is 11.6 Å². The van der Waals surface area contributed by atoms with E-state index >= 15 is 0 Å². The Balaban J connectivity index is 1.56. The molecule has 0 spiro atoms. The molecule has 2 aromatic rings. The van der Waals surface area contributed by atoms with Gasteiger partial charge >= 0.3 is 0 Å². The lowest BCUT2D eigenvalue weighted by molar-refractivity contribution is -0.0127. The first-order valence-electron chi connectivity index (χ1n) is 8.45. The molecule has 0 amide bonds. The smallest absolute Gasteiger partial charge is 0.119 e. The zero-order valence-electron chi connectivity index (χ0n) is 14.0. The van der Waals surface area contributed by atoms with Crippen molar-refractivity contribution in [3.8, 4) is 16.9 Å². The van der Waals surface area contributed by atoms with Crippen molar-refractivity contribution in [2.45, 2.75) is 25.4 Å². The molecule has 1 N–H and O–H groups in total. The van der Waals surface area contributed by atoms with Crippen molar-refractivity contribution in [1.82, 2.24) is 4.90 Å². The molecule has 128 valence electrons. The minimum Gasteiger partial charge on any atom is -0.491 e. The number of rotatable bonds is 6. The third-order valence-electron chi connectivity index (χ3n) is 4.34. The number of likely N-dealkylation sites (tertiary alicyclic amines) is 1. The largest absolute Gasteiger partial charge is 0.491 e. The summed E-state index contributed by atoms with van der Waals surface area (Å²) >= 11 is 5.92. The highest BCUT2D eigenvalue weighted by Crippen LogP contribution is 2.24. The Hall–Kier alpha value is -1.55. The van der Waals surface area contributed by atoms with Crippen LogP contribution in [0.3, 0.4) is 0 Å². The molecular weight excluding hydrogens is 322 g/mol. The number of ether oxygens (including phenoxy) is 1. The quantitative estimate of drug-likeness (QED) is 0.850. The zero-order chi connectivity index (χ0) is 17.0. The Morgan fingerprint density at radius 1 is 1.00 bits per heavy atom. The third kappa shape index (κ3) is 4.73. The van der Waals surface area contributed by atoms with E-state index in [-0.39, 0.29) is 0 Å². The summed E-state index contributed by atoms with van der Waals surface area (Å²) in [7, 11) is 0. The van der Waals surface area contributed by atoms with Crippen LogP contribution in [-0.2, 0) is 0 Å². The summed E-state index contributed by atoms with van der Waals surface area (Å²) in [4.78, 5) is 2.30. The molecule has 0 aromatic heterocycles. The first kappa shape index (κ1) is 17.3. The average Bonchev–Trinajstić information content (AvgIpc) is 3.06. The number of benzene rings is 2. The van der Waals surface area contributed by atoms with E-state index in [1.807, 2.05) is 55.5 Å². The average molecular weight is 346 g/mol. The van der Waals surface area contributed by atoms with E-state index in [2.05, 4.69) is 4.90 Å². The molecule has 1 heterocycles. The maximum Gasteiger partial charge on any atom is 0.119 e. The van der Waals surface area contributed by atoms with Gasteiger partial charge in [0.1, 0.15) is 18.0 Å². The molecule has 1 saturated heterocycles. The van der Waals surface area contributed by atoms with Gasteiger partial charge in [0.15, 0.2) is 0 Å². The van der Waals surface area contributed by atoms with E-state index in [1.54, 1.807) is 0 Å². The van der Waals surface area contributed by atoms with Crippen LogP contribution in [0.4, 0.5) is 0 Å². The number of hydrogen-bond donors (Lipinski definition) is 1. The molecule has 1 aliphatic rings. The van der Waals surface area contributed by atoms with Crippen LogP contribution in [0.2, 0.25) is 5.02 Å². The molecule has 3 rings (SSSR count). The van der Waals surface area contributed by atoms with Crippen LogP contribution in [0.15, 0.2) is 48.5 Å². The molecule has 24 heavy (non-hydrogen) atoms. The standard InChI is InChI=1S/C20H24ClNO2/c1-20(23,14-22-12-2-3-13-22)15-24-19-10-6-17(7-11-19)16-4-8-18(21)9-5-16/h4-11,23H,2-3,12-15H2,1H3. The summed E-state index contributed by atoms with van der Waals surface area (Å²) in [5.74, 6) is 0.773. The highest BCUT2D eigenvalue weighted by atomic mass is 35.5. The number of halogens is 1. The van der Waals surface area contributed by atoms with E-state index in [0.29, 0.717) is 13.2 Å². The fourth-order valence-corrected chi connectivity index (χ4v) is 3.22. The zero-order valence-corrected chi connectivity index (χ0v) is 14.8. The van der Waals surface area contributed by atoms with E-state index < -0.39 is 5.60 Å². The molecule has 1 fully saturated rings. The van der Waals surface area contributed by atoms with Crippen LogP contribution in [0.5, 0.6) is 5.75 Å². The number of β-amino-alcohol motifs (C(OH)–C–C–N with tert-alkyl or cyclic N) is 1. The molecule has 3 nitrogen and oxygen atoms in total. The molecule has 2 aromatic carbocycles. The normalized spacial score (nSPS) is 17.6. The van der Waals surface area contributed by atoms with Gasteiger partial charge in [-0.2, -0.15) is 0 Å². The Kier molecular flexibility index (Phi) is 5.44. The molecule has 1 atom stereocenters. The van der Waals surface area contributed by atoms with Gasteiger partial charge in [0.25, 0.3) is 0 Å². The third-order valence-corrected chi connectivity index (χ3v) is 4.60. The predicted octanol–water partition coefficient (Wildman–Crippen LogP) is 4.23. The first-order chi connectivity index (χ1) is 11.5. The second-order valence-corrected chi connectivity index (χ2v) is 7.24. The van der Waals surface area contributed by atoms with Crippen molar-refractivity contribution in [3.05, 3.63) is 53.6 Å². The minimum atomic E-state index is -0.834.